The first-order valence-electron chi connectivity index (χ1n) is 11.8. The van der Waals surface area contributed by atoms with E-state index in [-0.39, 0.29) is 18.0 Å². The average Bonchev–Trinajstić information content (AvgIpc) is 2.92. The van der Waals surface area contributed by atoms with Crippen molar-refractivity contribution in [3.05, 3.63) is 35.4 Å². The van der Waals surface area contributed by atoms with E-state index < -0.39 is 5.54 Å². The molecule has 0 saturated carbocycles. The van der Waals surface area contributed by atoms with Crippen LogP contribution < -0.4 is 0 Å². The molecule has 0 radical (unpaired) electrons. The zero-order chi connectivity index (χ0) is 21.5. The minimum absolute atomic E-state index is 0.0416. The van der Waals surface area contributed by atoms with Crippen LogP contribution in [0.15, 0.2) is 24.3 Å². The number of fused-ring (bicyclic) bond motifs is 1. The summed E-state index contributed by atoms with van der Waals surface area (Å²) in [5.74, 6) is 0.556. The molecule has 1 aliphatic carbocycles. The number of hydrogen-bond donors (Lipinski definition) is 0. The first-order valence-corrected chi connectivity index (χ1v) is 11.8. The van der Waals surface area contributed by atoms with Crippen LogP contribution in [0.3, 0.4) is 0 Å². The average molecular weight is 412 g/mol. The molecule has 2 fully saturated rings. The molecule has 3 aliphatic rings. The Morgan fingerprint density at radius 2 is 1.70 bits per heavy atom. The first kappa shape index (κ1) is 21.4. The molecule has 2 aliphatic heterocycles. The van der Waals surface area contributed by atoms with Gasteiger partial charge in [0, 0.05) is 31.7 Å². The molecule has 1 aromatic carbocycles. The normalized spacial score (nSPS) is 24.4. The minimum Gasteiger partial charge on any atom is -0.309 e. The molecule has 3 amide bonds. The summed E-state index contributed by atoms with van der Waals surface area (Å²) in [6, 6.07) is 9.19. The summed E-state index contributed by atoms with van der Waals surface area (Å²) >= 11 is 0. The number of likely N-dealkylation sites (tertiary alicyclic amines) is 1. The van der Waals surface area contributed by atoms with Crippen molar-refractivity contribution in [3.8, 4) is 0 Å². The second kappa shape index (κ2) is 8.33. The lowest BCUT2D eigenvalue weighted by molar-refractivity contribution is -0.137. The Bertz CT molecular complexity index is 795. The number of imide groups is 1. The number of carbonyl (C=O) groups excluding carboxylic acids is 2. The predicted octanol–water partition coefficient (Wildman–Crippen LogP) is 4.10. The van der Waals surface area contributed by atoms with Crippen molar-refractivity contribution in [2.24, 2.45) is 5.92 Å². The molecule has 0 N–H and O–H groups in total. The van der Waals surface area contributed by atoms with Gasteiger partial charge in [-0.3, -0.25) is 14.6 Å². The van der Waals surface area contributed by atoms with Crippen LogP contribution in [0, 0.1) is 5.92 Å². The van der Waals surface area contributed by atoms with Crippen molar-refractivity contribution >= 4 is 11.9 Å². The maximum atomic E-state index is 13.5. The van der Waals surface area contributed by atoms with Crippen molar-refractivity contribution < 1.29 is 9.59 Å². The summed E-state index contributed by atoms with van der Waals surface area (Å²) < 4.78 is 0. The maximum absolute atomic E-state index is 13.5. The molecule has 0 unspecified atom stereocenters. The van der Waals surface area contributed by atoms with Gasteiger partial charge in [-0.05, 0) is 69.4 Å². The molecular weight excluding hydrogens is 374 g/mol. The Morgan fingerprint density at radius 1 is 1.03 bits per heavy atom. The lowest BCUT2D eigenvalue weighted by Gasteiger charge is -2.45. The van der Waals surface area contributed by atoms with Gasteiger partial charge in [0.05, 0.1) is 0 Å². The number of hydrogen-bond acceptors (Lipinski definition) is 3. The number of piperidine rings is 1. The number of aryl methyl sites for hydroxylation is 1. The van der Waals surface area contributed by atoms with Crippen LogP contribution in [0.1, 0.15) is 64.5 Å². The second-order valence-corrected chi connectivity index (χ2v) is 10.1. The Hall–Kier alpha value is -1.88. The molecular formula is C25H37N3O2. The fraction of sp³-hybridized carbons (Fsp3) is 0.680. The molecule has 1 aromatic rings. The summed E-state index contributed by atoms with van der Waals surface area (Å²) in [4.78, 5) is 32.7. The van der Waals surface area contributed by atoms with Crippen molar-refractivity contribution in [3.63, 3.8) is 0 Å². The number of rotatable bonds is 5. The van der Waals surface area contributed by atoms with Gasteiger partial charge in [0.2, 0.25) is 0 Å². The lowest BCUT2D eigenvalue weighted by Crippen LogP contribution is -2.58. The van der Waals surface area contributed by atoms with Crippen molar-refractivity contribution in [2.75, 3.05) is 19.6 Å². The van der Waals surface area contributed by atoms with Gasteiger partial charge in [0.25, 0.3) is 5.91 Å². The fourth-order valence-electron chi connectivity index (χ4n) is 5.63. The van der Waals surface area contributed by atoms with Gasteiger partial charge < -0.3 is 4.90 Å². The number of nitrogens with zero attached hydrogens (tertiary/aromatic N) is 3. The Morgan fingerprint density at radius 3 is 2.33 bits per heavy atom. The summed E-state index contributed by atoms with van der Waals surface area (Å²) in [6.45, 7) is 10.7. The molecule has 30 heavy (non-hydrogen) atoms. The predicted molar refractivity (Wildman–Crippen MR) is 119 cm³/mol. The number of amides is 3. The summed E-state index contributed by atoms with van der Waals surface area (Å²) in [5, 5.41) is 0. The smallest absolute Gasteiger partial charge is 0.309 e. The van der Waals surface area contributed by atoms with Crippen LogP contribution in [-0.2, 0) is 17.6 Å². The molecule has 2 saturated heterocycles. The highest BCUT2D eigenvalue weighted by molar-refractivity contribution is 6.07. The van der Waals surface area contributed by atoms with Gasteiger partial charge >= 0.3 is 6.03 Å². The Kier molecular flexibility index (Phi) is 5.93. The molecule has 4 rings (SSSR count). The molecule has 0 bridgehead atoms. The summed E-state index contributed by atoms with van der Waals surface area (Å²) in [7, 11) is 0. The number of benzene rings is 1. The highest BCUT2D eigenvalue weighted by Crippen LogP contribution is 2.40. The van der Waals surface area contributed by atoms with E-state index in [0.29, 0.717) is 18.5 Å². The first-order chi connectivity index (χ1) is 14.3. The SMILES string of the molecule is CC(C)CCN1C(=O)N(C(C)C)C(=O)C12CCN([C@H]1CCc3ccccc3C1)CC2. The van der Waals surface area contributed by atoms with E-state index in [4.69, 9.17) is 0 Å². The van der Waals surface area contributed by atoms with Crippen LogP contribution in [0.5, 0.6) is 0 Å². The topological polar surface area (TPSA) is 43.9 Å². The molecule has 164 valence electrons. The quantitative estimate of drug-likeness (QED) is 0.685. The fourth-order valence-corrected chi connectivity index (χ4v) is 5.63. The van der Waals surface area contributed by atoms with E-state index in [2.05, 4.69) is 43.0 Å². The number of urea groups is 1. The zero-order valence-electron chi connectivity index (χ0n) is 19.1. The third-order valence-electron chi connectivity index (χ3n) is 7.48. The van der Waals surface area contributed by atoms with Gasteiger partial charge in [-0.15, -0.1) is 0 Å². The highest BCUT2D eigenvalue weighted by Gasteiger charge is 2.58. The third-order valence-corrected chi connectivity index (χ3v) is 7.48. The van der Waals surface area contributed by atoms with E-state index >= 15 is 0 Å². The van der Waals surface area contributed by atoms with Gasteiger partial charge in [-0.1, -0.05) is 38.1 Å². The highest BCUT2D eigenvalue weighted by atomic mass is 16.2. The minimum atomic E-state index is -0.626. The molecule has 5 heteroatoms. The Balaban J connectivity index is 1.49. The summed E-state index contributed by atoms with van der Waals surface area (Å²) in [5.41, 5.74) is 2.34. The van der Waals surface area contributed by atoms with E-state index in [0.717, 1.165) is 45.2 Å². The summed E-state index contributed by atoms with van der Waals surface area (Å²) in [6.07, 6.45) is 5.89. The van der Waals surface area contributed by atoms with E-state index in [1.807, 2.05) is 18.7 Å². The lowest BCUT2D eigenvalue weighted by atomic mass is 9.82. The van der Waals surface area contributed by atoms with E-state index in [9.17, 15) is 9.59 Å². The van der Waals surface area contributed by atoms with Crippen LogP contribution >= 0.6 is 0 Å². The van der Waals surface area contributed by atoms with Crippen LogP contribution in [0.2, 0.25) is 0 Å². The van der Waals surface area contributed by atoms with Crippen LogP contribution in [-0.4, -0.2) is 63.9 Å². The molecule has 1 spiro atoms. The second-order valence-electron chi connectivity index (χ2n) is 10.1. The van der Waals surface area contributed by atoms with E-state index in [1.54, 1.807) is 0 Å². The largest absolute Gasteiger partial charge is 0.327 e. The monoisotopic (exact) mass is 411 g/mol. The van der Waals surface area contributed by atoms with Crippen molar-refractivity contribution in [1.82, 2.24) is 14.7 Å². The molecule has 2 heterocycles. The number of carbonyl (C=O) groups is 2. The van der Waals surface area contributed by atoms with Gasteiger partial charge in [0.1, 0.15) is 5.54 Å². The molecule has 5 nitrogen and oxygen atoms in total. The molecule has 1 atom stereocenters. The maximum Gasteiger partial charge on any atom is 0.327 e. The zero-order valence-corrected chi connectivity index (χ0v) is 19.1. The van der Waals surface area contributed by atoms with Gasteiger partial charge in [-0.2, -0.15) is 0 Å². The van der Waals surface area contributed by atoms with Crippen molar-refractivity contribution in [2.45, 2.75) is 83.8 Å². The standard InChI is InChI=1S/C25H37N3O2/c1-18(2)11-14-27-24(30)28(19(3)4)23(29)25(27)12-15-26(16-13-25)22-10-9-20-7-5-6-8-21(20)17-22/h5-8,18-19,22H,9-17H2,1-4H3/t22-/m0/s1. The van der Waals surface area contributed by atoms with Gasteiger partial charge in [0.15, 0.2) is 0 Å². The van der Waals surface area contributed by atoms with Crippen LogP contribution in [0.25, 0.3) is 0 Å². The van der Waals surface area contributed by atoms with E-state index in [1.165, 1.54) is 22.4 Å². The van der Waals surface area contributed by atoms with Crippen molar-refractivity contribution in [1.29, 1.82) is 0 Å². The van der Waals surface area contributed by atoms with Gasteiger partial charge in [-0.25, -0.2) is 4.79 Å². The third kappa shape index (κ3) is 3.66. The molecule has 0 aromatic heterocycles. The van der Waals surface area contributed by atoms with Crippen LogP contribution in [0.4, 0.5) is 4.79 Å². The Labute approximate surface area is 181 Å².